The van der Waals surface area contributed by atoms with Crippen molar-refractivity contribution in [3.8, 4) is 0 Å². The average molecular weight is 780 g/mol. The second kappa shape index (κ2) is 15.4. The topological polar surface area (TPSA) is 162 Å². The number of hydrogen-bond acceptors (Lipinski definition) is 7. The van der Waals surface area contributed by atoms with E-state index in [1.807, 2.05) is 68.5 Å². The molecule has 0 radical (unpaired) electrons. The van der Waals surface area contributed by atoms with Gasteiger partial charge < -0.3 is 14.0 Å². The van der Waals surface area contributed by atoms with E-state index >= 15 is 0 Å². The van der Waals surface area contributed by atoms with E-state index in [0.29, 0.717) is 48.5 Å². The van der Waals surface area contributed by atoms with E-state index in [1.54, 1.807) is 42.5 Å². The molecular weight excluding hydrogens is 737 g/mol. The lowest BCUT2D eigenvalue weighted by atomic mass is 9.90. The van der Waals surface area contributed by atoms with Gasteiger partial charge in [0, 0.05) is 48.3 Å². The number of rotatable bonds is 13. The summed E-state index contributed by atoms with van der Waals surface area (Å²) in [5.41, 5.74) is 5.68. The van der Waals surface area contributed by atoms with E-state index in [4.69, 9.17) is 0 Å². The first-order valence-corrected chi connectivity index (χ1v) is 21.8. The van der Waals surface area contributed by atoms with Crippen LogP contribution in [0, 0.1) is 0 Å². The van der Waals surface area contributed by atoms with Crippen molar-refractivity contribution >= 4 is 46.8 Å². The first kappa shape index (κ1) is 39.7. The molecule has 3 N–H and O–H groups in total. The van der Waals surface area contributed by atoms with E-state index in [-0.39, 0.29) is 14.7 Å². The third kappa shape index (κ3) is 9.53. The van der Waals surface area contributed by atoms with Gasteiger partial charge in [-0.1, -0.05) is 54.6 Å². The molecule has 0 saturated heterocycles. The zero-order valence-corrected chi connectivity index (χ0v) is 32.2. The predicted octanol–water partition coefficient (Wildman–Crippen LogP) is 6.65. The number of allylic oxidation sites excluding steroid dienone is 5. The number of nitrogens with zero attached hydrogens (tertiary/aromatic N) is 2. The normalized spacial score (nSPS) is 14.1. The van der Waals surface area contributed by atoms with Crippen LogP contribution in [-0.4, -0.2) is 71.4 Å². The molecule has 0 aliphatic heterocycles. The van der Waals surface area contributed by atoms with Crippen molar-refractivity contribution in [2.75, 3.05) is 31.4 Å². The average Bonchev–Trinajstić information content (AvgIpc) is 3.13. The Balaban J connectivity index is 1.52. The smallest absolute Gasteiger partial charge is 0.296 e. The summed E-state index contributed by atoms with van der Waals surface area (Å²) < 4.78 is 98.6. The summed E-state index contributed by atoms with van der Waals surface area (Å²) >= 11 is 0. The molecule has 0 amide bonds. The zero-order valence-electron chi connectivity index (χ0n) is 29.8. The maximum absolute atomic E-state index is 12.6. The molecule has 0 heterocycles. The van der Waals surface area contributed by atoms with Crippen molar-refractivity contribution in [1.29, 1.82) is 0 Å². The van der Waals surface area contributed by atoms with Gasteiger partial charge in [-0.3, -0.25) is 8.74 Å². The lowest BCUT2D eigenvalue weighted by molar-refractivity contribution is -0.539. The summed E-state index contributed by atoms with van der Waals surface area (Å²) in [6, 6.07) is 26.7. The summed E-state index contributed by atoms with van der Waals surface area (Å²) in [4.78, 5) is 1.87. The van der Waals surface area contributed by atoms with Crippen LogP contribution in [0.2, 0.25) is 0 Å². The largest absolute Gasteiger partial charge is 0.367 e. The second-order valence-corrected chi connectivity index (χ2v) is 18.7. The van der Waals surface area contributed by atoms with Crippen molar-refractivity contribution in [3.63, 3.8) is 0 Å². The van der Waals surface area contributed by atoms with Crippen LogP contribution in [0.4, 0.5) is 5.69 Å². The third-order valence-corrected chi connectivity index (χ3v) is 12.4. The minimum Gasteiger partial charge on any atom is -0.367 e. The van der Waals surface area contributed by atoms with Gasteiger partial charge in [0.2, 0.25) is 0 Å². The number of benzene rings is 4. The summed E-state index contributed by atoms with van der Waals surface area (Å²) in [6.07, 6.45) is 8.48. The summed E-state index contributed by atoms with van der Waals surface area (Å²) in [5, 5.41) is 0. The number of hydrogen-bond donors (Lipinski definition) is 3. The number of anilines is 1. The van der Waals surface area contributed by atoms with Crippen molar-refractivity contribution in [2.24, 2.45) is 0 Å². The third-order valence-electron chi connectivity index (χ3n) is 8.86. The van der Waals surface area contributed by atoms with Crippen LogP contribution in [0.5, 0.6) is 0 Å². The molecule has 0 fully saturated rings. The molecule has 11 nitrogen and oxygen atoms in total. The summed E-state index contributed by atoms with van der Waals surface area (Å²) in [5.74, 6) is 0. The Morgan fingerprint density at radius 1 is 0.811 bits per heavy atom. The van der Waals surface area contributed by atoms with Crippen molar-refractivity contribution in [2.45, 2.75) is 41.6 Å². The molecule has 5 rings (SSSR count). The monoisotopic (exact) mass is 779 g/mol. The fraction of sp³-hybridized carbons (Fsp3) is 0.205. The molecule has 53 heavy (non-hydrogen) atoms. The predicted molar refractivity (Wildman–Crippen MR) is 208 cm³/mol. The molecule has 0 aromatic heterocycles. The Labute approximate surface area is 311 Å². The molecule has 14 heteroatoms. The fourth-order valence-electron chi connectivity index (χ4n) is 6.07. The minimum absolute atomic E-state index is 0.0628. The minimum atomic E-state index is -4.85. The van der Waals surface area contributed by atoms with E-state index in [0.717, 1.165) is 35.9 Å². The van der Waals surface area contributed by atoms with E-state index in [2.05, 4.69) is 13.7 Å². The Bertz CT molecular complexity index is 2400. The maximum Gasteiger partial charge on any atom is 0.296 e. The van der Waals surface area contributed by atoms with Crippen molar-refractivity contribution < 1.29 is 43.5 Å². The highest BCUT2D eigenvalue weighted by Gasteiger charge is 2.26. The van der Waals surface area contributed by atoms with Gasteiger partial charge in [-0.25, -0.2) is 8.78 Å². The Hall–Kier alpha value is -4.54. The highest BCUT2D eigenvalue weighted by Crippen LogP contribution is 2.35. The van der Waals surface area contributed by atoms with Crippen LogP contribution in [0.3, 0.4) is 0 Å². The van der Waals surface area contributed by atoms with E-state index in [9.17, 15) is 34.7 Å². The molecular formula is C39H43N2O9S3+. The Kier molecular flexibility index (Phi) is 11.6. The first-order chi connectivity index (χ1) is 24.9. The summed E-state index contributed by atoms with van der Waals surface area (Å²) in [6.45, 7) is 6.14. The Morgan fingerprint density at radius 3 is 2.02 bits per heavy atom. The molecule has 1 aliphatic carbocycles. The fourth-order valence-corrected chi connectivity index (χ4v) is 8.26. The van der Waals surface area contributed by atoms with Crippen LogP contribution in [0.15, 0.2) is 142 Å². The van der Waals surface area contributed by atoms with Gasteiger partial charge in [0.25, 0.3) is 20.2 Å². The molecule has 0 spiro atoms. The van der Waals surface area contributed by atoms with E-state index in [1.165, 1.54) is 24.3 Å². The highest BCUT2D eigenvalue weighted by molar-refractivity contribution is 8.09. The standard InChI is InChI=1S/C39H42N2O9S3/c1-5-40(27-29-14-24-36(25-15-29)53(4,47,48)49)33-20-16-31(17-21-33)39(37-12-7-8-13-38(37)51(42,43)44)32-18-22-34(23-19-32)41(6-2)28-30-10-9-11-35(26-30)52(45,46)50-3/h7-26H,5-6,27-28H2,1-4H3,(H2-,42,43,44,47,48,49)/p+1. The lowest BCUT2D eigenvalue weighted by Gasteiger charge is -2.27. The van der Waals surface area contributed by atoms with Gasteiger partial charge in [-0.15, -0.1) is 0 Å². The van der Waals surface area contributed by atoms with Gasteiger partial charge in [-0.05, 0) is 90.7 Å². The van der Waals surface area contributed by atoms with Gasteiger partial charge in [0.15, 0.2) is 12.3 Å². The molecule has 4 aromatic rings. The first-order valence-electron chi connectivity index (χ1n) is 16.7. The summed E-state index contributed by atoms with van der Waals surface area (Å²) in [7, 11) is -12.2. The molecule has 0 bridgehead atoms. The van der Waals surface area contributed by atoms with Gasteiger partial charge in [0.1, 0.15) is 21.1 Å². The van der Waals surface area contributed by atoms with Crippen LogP contribution >= 0.6 is 0 Å². The van der Waals surface area contributed by atoms with Gasteiger partial charge in [-0.2, -0.15) is 16.8 Å². The quantitative estimate of drug-likeness (QED) is 0.0761. The van der Waals surface area contributed by atoms with Gasteiger partial charge in [0.05, 0.1) is 16.9 Å². The maximum atomic E-state index is 12.6. The molecule has 1 aliphatic rings. The molecule has 0 saturated carbocycles. The van der Waals surface area contributed by atoms with Crippen molar-refractivity contribution in [1.82, 2.24) is 0 Å². The van der Waals surface area contributed by atoms with Crippen LogP contribution in [0.25, 0.3) is 5.57 Å². The van der Waals surface area contributed by atoms with E-state index < -0.39 is 29.9 Å². The second-order valence-electron chi connectivity index (χ2n) is 12.6. The SMILES string of the molecule is CCN(Cc1ccc(S(C)(=O)(O)O)cc1)c1ccc(C(=C2C=CC(=[N+](CC)Cc3cccc(S(=O)(=O)OC)c3)C=C2)c2ccccc2S(=O)(=O)O)cc1. The van der Waals surface area contributed by atoms with Gasteiger partial charge >= 0.3 is 0 Å². The Morgan fingerprint density at radius 2 is 1.45 bits per heavy atom. The van der Waals surface area contributed by atoms with Crippen molar-refractivity contribution in [3.05, 3.63) is 149 Å². The molecule has 0 unspecified atom stereocenters. The van der Waals surface area contributed by atoms with Crippen LogP contribution < -0.4 is 4.90 Å². The molecule has 0 atom stereocenters. The van der Waals surface area contributed by atoms with Crippen LogP contribution in [0.1, 0.15) is 36.1 Å². The molecule has 280 valence electrons. The van der Waals surface area contributed by atoms with Crippen LogP contribution in [-0.2, 0) is 47.1 Å². The lowest BCUT2D eigenvalue weighted by Crippen LogP contribution is -2.29. The zero-order chi connectivity index (χ0) is 38.6. The molecule has 4 aromatic carbocycles. The highest BCUT2D eigenvalue weighted by atomic mass is 32.3.